The maximum Gasteiger partial charge on any atom is 0.303 e. The fraction of sp³-hybridized carbons (Fsp3) is 0.429. The van der Waals surface area contributed by atoms with Crippen LogP contribution in [0.2, 0.25) is 0 Å². The quantitative estimate of drug-likeness (QED) is 0.891. The van der Waals surface area contributed by atoms with Gasteiger partial charge in [-0.05, 0) is 24.6 Å². The highest BCUT2D eigenvalue weighted by molar-refractivity contribution is 9.10. The van der Waals surface area contributed by atoms with Crippen molar-refractivity contribution in [3.63, 3.8) is 0 Å². The molecule has 0 saturated carbocycles. The third-order valence-electron chi connectivity index (χ3n) is 3.31. The van der Waals surface area contributed by atoms with Crippen molar-refractivity contribution in [1.82, 2.24) is 4.90 Å². The normalized spacial score (nSPS) is 16.4. The summed E-state index contributed by atoms with van der Waals surface area (Å²) in [6.07, 6.45) is 0.525. The first-order valence-corrected chi connectivity index (χ1v) is 7.17. The first kappa shape index (κ1) is 14.8. The van der Waals surface area contributed by atoms with Gasteiger partial charge in [-0.3, -0.25) is 9.59 Å². The number of hydrogen-bond donors (Lipinski definition) is 1. The lowest BCUT2D eigenvalue weighted by Gasteiger charge is -2.20. The molecule has 6 heteroatoms. The first-order chi connectivity index (χ1) is 9.49. The molecule has 20 heavy (non-hydrogen) atoms. The summed E-state index contributed by atoms with van der Waals surface area (Å²) in [5, 5.41) is 8.61. The second kappa shape index (κ2) is 6.26. The first-order valence-electron chi connectivity index (χ1n) is 6.38. The zero-order chi connectivity index (χ0) is 14.7. The van der Waals surface area contributed by atoms with E-state index in [4.69, 9.17) is 9.84 Å². The zero-order valence-corrected chi connectivity index (χ0v) is 12.7. The molecule has 1 aliphatic heterocycles. The highest BCUT2D eigenvalue weighted by atomic mass is 79.9. The van der Waals surface area contributed by atoms with E-state index in [2.05, 4.69) is 15.9 Å². The minimum Gasteiger partial charge on any atom is -0.492 e. The van der Waals surface area contributed by atoms with Gasteiger partial charge in [-0.15, -0.1) is 0 Å². The summed E-state index contributed by atoms with van der Waals surface area (Å²) in [7, 11) is 1.69. The second-order valence-electron chi connectivity index (χ2n) is 4.80. The van der Waals surface area contributed by atoms with Crippen molar-refractivity contribution in [2.75, 3.05) is 20.2 Å². The van der Waals surface area contributed by atoms with Crippen LogP contribution in [0.4, 0.5) is 0 Å². The molecule has 1 heterocycles. The number of carbonyl (C=O) groups is 2. The number of aliphatic carboxylic acids is 1. The lowest BCUT2D eigenvalue weighted by Crippen LogP contribution is -2.33. The van der Waals surface area contributed by atoms with Crippen LogP contribution in [0.3, 0.4) is 0 Å². The molecule has 0 bridgehead atoms. The molecule has 0 saturated heterocycles. The minimum absolute atomic E-state index is 0.0350. The Balaban J connectivity index is 2.01. The number of rotatable bonds is 5. The number of benzene rings is 1. The smallest absolute Gasteiger partial charge is 0.303 e. The molecule has 1 N–H and O–H groups in total. The third kappa shape index (κ3) is 3.30. The number of carboxylic acids is 1. The van der Waals surface area contributed by atoms with Crippen LogP contribution in [-0.2, 0) is 9.59 Å². The van der Waals surface area contributed by atoms with Crippen LogP contribution in [0.5, 0.6) is 5.75 Å². The molecular weight excluding hydrogens is 326 g/mol. The molecule has 0 fully saturated rings. The van der Waals surface area contributed by atoms with Gasteiger partial charge in [0.2, 0.25) is 5.91 Å². The number of carbonyl (C=O) groups excluding carboxylic acids is 1. The van der Waals surface area contributed by atoms with Crippen molar-refractivity contribution >= 4 is 27.8 Å². The van der Waals surface area contributed by atoms with E-state index in [1.54, 1.807) is 11.9 Å². The topological polar surface area (TPSA) is 66.8 Å². The van der Waals surface area contributed by atoms with Gasteiger partial charge in [0.05, 0.1) is 0 Å². The van der Waals surface area contributed by atoms with E-state index in [9.17, 15) is 9.59 Å². The summed E-state index contributed by atoms with van der Waals surface area (Å²) in [5.74, 6) is -0.445. The van der Waals surface area contributed by atoms with E-state index in [1.807, 2.05) is 18.2 Å². The Labute approximate surface area is 125 Å². The van der Waals surface area contributed by atoms with Crippen LogP contribution in [0.1, 0.15) is 24.3 Å². The van der Waals surface area contributed by atoms with Gasteiger partial charge in [0.15, 0.2) is 0 Å². The molecule has 1 aromatic carbocycles. The van der Waals surface area contributed by atoms with Gasteiger partial charge < -0.3 is 14.7 Å². The Morgan fingerprint density at radius 3 is 2.95 bits per heavy atom. The summed E-state index contributed by atoms with van der Waals surface area (Å²) in [6.45, 7) is 0.777. The van der Waals surface area contributed by atoms with Crippen LogP contribution >= 0.6 is 15.9 Å². The lowest BCUT2D eigenvalue weighted by molar-refractivity contribution is -0.138. The van der Waals surface area contributed by atoms with Gasteiger partial charge >= 0.3 is 5.97 Å². The fourth-order valence-corrected chi connectivity index (χ4v) is 2.61. The van der Waals surface area contributed by atoms with Crippen LogP contribution in [-0.4, -0.2) is 42.1 Å². The SMILES string of the molecule is CN(CCCC(=O)O)C(=O)C1COc2ccc(Br)cc21. The Morgan fingerprint density at radius 2 is 2.25 bits per heavy atom. The minimum atomic E-state index is -0.843. The zero-order valence-electron chi connectivity index (χ0n) is 11.1. The van der Waals surface area contributed by atoms with Gasteiger partial charge in [0.1, 0.15) is 18.3 Å². The molecule has 0 spiro atoms. The van der Waals surface area contributed by atoms with Gasteiger partial charge in [-0.1, -0.05) is 15.9 Å². The second-order valence-corrected chi connectivity index (χ2v) is 5.72. The Bertz CT molecular complexity index is 532. The summed E-state index contributed by atoms with van der Waals surface area (Å²) in [6, 6.07) is 5.62. The molecule has 0 aliphatic carbocycles. The summed E-state index contributed by atoms with van der Waals surface area (Å²) >= 11 is 3.39. The number of ether oxygens (including phenoxy) is 1. The van der Waals surface area contributed by atoms with E-state index in [0.29, 0.717) is 19.6 Å². The van der Waals surface area contributed by atoms with E-state index >= 15 is 0 Å². The number of hydrogen-bond acceptors (Lipinski definition) is 3. The van der Waals surface area contributed by atoms with Crippen molar-refractivity contribution < 1.29 is 19.4 Å². The summed E-state index contributed by atoms with van der Waals surface area (Å²) in [5.41, 5.74) is 0.884. The van der Waals surface area contributed by atoms with Crippen molar-refractivity contribution in [1.29, 1.82) is 0 Å². The lowest BCUT2D eigenvalue weighted by atomic mass is 10.00. The maximum absolute atomic E-state index is 12.4. The molecule has 108 valence electrons. The van der Waals surface area contributed by atoms with Gasteiger partial charge in [-0.2, -0.15) is 0 Å². The monoisotopic (exact) mass is 341 g/mol. The largest absolute Gasteiger partial charge is 0.492 e. The number of halogens is 1. The van der Waals surface area contributed by atoms with Gasteiger partial charge in [0.25, 0.3) is 0 Å². The Hall–Kier alpha value is -1.56. The molecule has 1 atom stereocenters. The van der Waals surface area contributed by atoms with Crippen LogP contribution in [0, 0.1) is 0 Å². The van der Waals surface area contributed by atoms with Crippen molar-refractivity contribution in [3.8, 4) is 5.75 Å². The molecule has 0 radical (unpaired) electrons. The van der Waals surface area contributed by atoms with Crippen LogP contribution in [0.25, 0.3) is 0 Å². The van der Waals surface area contributed by atoms with Crippen LogP contribution in [0.15, 0.2) is 22.7 Å². The number of carboxylic acid groups (broad SMARTS) is 1. The molecule has 1 unspecified atom stereocenters. The predicted molar refractivity (Wildman–Crippen MR) is 76.9 cm³/mol. The number of fused-ring (bicyclic) bond motifs is 1. The number of nitrogens with zero attached hydrogens (tertiary/aromatic N) is 1. The van der Waals surface area contributed by atoms with E-state index < -0.39 is 5.97 Å². The Morgan fingerprint density at radius 1 is 1.50 bits per heavy atom. The molecule has 2 rings (SSSR count). The molecule has 1 aliphatic rings. The van der Waals surface area contributed by atoms with E-state index in [1.165, 1.54) is 0 Å². The molecule has 1 aromatic rings. The average molecular weight is 342 g/mol. The summed E-state index contributed by atoms with van der Waals surface area (Å²) in [4.78, 5) is 24.4. The standard InChI is InChI=1S/C14H16BrNO4/c1-16(6-2-3-13(17)18)14(19)11-8-20-12-5-4-9(15)7-10(11)12/h4-5,7,11H,2-3,6,8H2,1H3,(H,17,18). The fourth-order valence-electron chi connectivity index (χ4n) is 2.23. The van der Waals surface area contributed by atoms with Gasteiger partial charge in [-0.25, -0.2) is 0 Å². The maximum atomic E-state index is 12.4. The average Bonchev–Trinajstić information content (AvgIpc) is 2.80. The Kier molecular flexibility index (Phi) is 4.65. The van der Waals surface area contributed by atoms with Gasteiger partial charge in [0, 0.05) is 30.0 Å². The summed E-state index contributed by atoms with van der Waals surface area (Å²) < 4.78 is 6.43. The third-order valence-corrected chi connectivity index (χ3v) is 3.80. The van der Waals surface area contributed by atoms with Crippen molar-refractivity contribution in [3.05, 3.63) is 28.2 Å². The van der Waals surface area contributed by atoms with Crippen molar-refractivity contribution in [2.24, 2.45) is 0 Å². The number of amides is 1. The van der Waals surface area contributed by atoms with E-state index in [0.717, 1.165) is 15.8 Å². The molecular formula is C14H16BrNO4. The molecule has 0 aromatic heterocycles. The molecule has 5 nitrogen and oxygen atoms in total. The highest BCUT2D eigenvalue weighted by Gasteiger charge is 2.32. The molecule has 1 amide bonds. The van der Waals surface area contributed by atoms with Crippen LogP contribution < -0.4 is 4.74 Å². The predicted octanol–water partition coefficient (Wildman–Crippen LogP) is 2.25. The number of likely N-dealkylation sites (N-methyl/N-ethyl adjacent to an activating group) is 1. The highest BCUT2D eigenvalue weighted by Crippen LogP contribution is 2.36. The van der Waals surface area contributed by atoms with Crippen molar-refractivity contribution in [2.45, 2.75) is 18.8 Å². The van der Waals surface area contributed by atoms with E-state index in [-0.39, 0.29) is 18.2 Å².